The third kappa shape index (κ3) is 3.36. The lowest BCUT2D eigenvalue weighted by molar-refractivity contribution is 0.0291. The Labute approximate surface area is 127 Å². The molecule has 0 aliphatic carbocycles. The minimum Gasteiger partial charge on any atom is -0.365 e. The van der Waals surface area contributed by atoms with E-state index in [0.29, 0.717) is 4.90 Å². The van der Waals surface area contributed by atoms with E-state index >= 15 is 0 Å². The van der Waals surface area contributed by atoms with Crippen LogP contribution in [0, 0.1) is 6.92 Å². The van der Waals surface area contributed by atoms with Gasteiger partial charge in [0.2, 0.25) is 10.0 Å². The van der Waals surface area contributed by atoms with Crippen LogP contribution in [-0.4, -0.2) is 32.1 Å². The summed E-state index contributed by atoms with van der Waals surface area (Å²) in [5.41, 5.74) is 1.04. The van der Waals surface area contributed by atoms with Crippen molar-refractivity contribution in [3.63, 3.8) is 0 Å². The molecule has 1 aromatic carbocycles. The molecule has 0 radical (unpaired) electrons. The van der Waals surface area contributed by atoms with Gasteiger partial charge in [-0.3, -0.25) is 0 Å². The van der Waals surface area contributed by atoms with Crippen molar-refractivity contribution in [2.75, 3.05) is 7.11 Å². The first-order valence-corrected chi connectivity index (χ1v) is 8.68. The number of ether oxygens (including phenoxy) is 1. The smallest absolute Gasteiger partial charge is 0.245 e. The van der Waals surface area contributed by atoms with Crippen LogP contribution in [0.15, 0.2) is 41.8 Å². The van der Waals surface area contributed by atoms with Gasteiger partial charge in [0.15, 0.2) is 0 Å². The molecule has 0 aromatic heterocycles. The van der Waals surface area contributed by atoms with Gasteiger partial charge in [-0.25, -0.2) is 8.42 Å². The first-order chi connectivity index (χ1) is 10.0. The maximum absolute atomic E-state index is 12.9. The second kappa shape index (κ2) is 6.73. The van der Waals surface area contributed by atoms with Gasteiger partial charge in [-0.1, -0.05) is 23.8 Å². The largest absolute Gasteiger partial charge is 0.365 e. The van der Waals surface area contributed by atoms with Crippen LogP contribution in [0.1, 0.15) is 31.2 Å². The van der Waals surface area contributed by atoms with Gasteiger partial charge >= 0.3 is 0 Å². The Morgan fingerprint density at radius 3 is 2.57 bits per heavy atom. The highest BCUT2D eigenvalue weighted by atomic mass is 32.2. The summed E-state index contributed by atoms with van der Waals surface area (Å²) in [7, 11) is -1.95. The van der Waals surface area contributed by atoms with E-state index in [1.54, 1.807) is 23.5 Å². The van der Waals surface area contributed by atoms with Crippen molar-refractivity contribution in [3.8, 4) is 0 Å². The van der Waals surface area contributed by atoms with Crippen LogP contribution >= 0.6 is 0 Å². The number of hydrogen-bond donors (Lipinski definition) is 0. The molecule has 1 heterocycles. The predicted octanol–water partition coefficient (Wildman–Crippen LogP) is 3.09. The van der Waals surface area contributed by atoms with Crippen molar-refractivity contribution in [2.45, 2.75) is 49.8 Å². The number of sulfonamides is 1. The van der Waals surface area contributed by atoms with Gasteiger partial charge in [0.1, 0.15) is 6.23 Å². The molecule has 0 amide bonds. The highest BCUT2D eigenvalue weighted by Gasteiger charge is 2.41. The highest BCUT2D eigenvalue weighted by Crippen LogP contribution is 2.33. The van der Waals surface area contributed by atoms with Gasteiger partial charge in [0.25, 0.3) is 0 Å². The molecule has 0 unspecified atom stereocenters. The molecule has 21 heavy (non-hydrogen) atoms. The molecule has 0 N–H and O–H groups in total. The van der Waals surface area contributed by atoms with Gasteiger partial charge in [-0.15, -0.1) is 6.58 Å². The summed E-state index contributed by atoms with van der Waals surface area (Å²) in [6, 6.07) is 6.97. The van der Waals surface area contributed by atoms with Crippen molar-refractivity contribution >= 4 is 10.0 Å². The maximum atomic E-state index is 12.9. The van der Waals surface area contributed by atoms with Crippen LogP contribution < -0.4 is 0 Å². The fourth-order valence-electron chi connectivity index (χ4n) is 2.81. The van der Waals surface area contributed by atoms with Crippen molar-refractivity contribution in [1.82, 2.24) is 4.31 Å². The van der Waals surface area contributed by atoms with Crippen molar-refractivity contribution in [3.05, 3.63) is 42.5 Å². The topological polar surface area (TPSA) is 46.6 Å². The van der Waals surface area contributed by atoms with Gasteiger partial charge in [-0.2, -0.15) is 4.31 Å². The van der Waals surface area contributed by atoms with Crippen LogP contribution in [0.25, 0.3) is 0 Å². The molecule has 0 spiro atoms. The van der Waals surface area contributed by atoms with Crippen molar-refractivity contribution in [2.24, 2.45) is 0 Å². The molecule has 4 nitrogen and oxygen atoms in total. The molecule has 2 rings (SSSR count). The van der Waals surface area contributed by atoms with E-state index < -0.39 is 10.0 Å². The van der Waals surface area contributed by atoms with Crippen LogP contribution in [0.3, 0.4) is 0 Å². The Morgan fingerprint density at radius 2 is 2.00 bits per heavy atom. The number of aryl methyl sites for hydroxylation is 1. The molecule has 1 fully saturated rings. The van der Waals surface area contributed by atoms with E-state index in [1.165, 1.54) is 0 Å². The molecule has 0 bridgehead atoms. The number of benzene rings is 1. The molecule has 0 saturated carbocycles. The van der Waals surface area contributed by atoms with Crippen molar-refractivity contribution < 1.29 is 13.2 Å². The van der Waals surface area contributed by atoms with Crippen molar-refractivity contribution in [1.29, 1.82) is 0 Å². The van der Waals surface area contributed by atoms with E-state index in [0.717, 1.165) is 31.2 Å². The van der Waals surface area contributed by atoms with E-state index in [1.807, 2.05) is 25.1 Å². The molecule has 2 atom stereocenters. The number of methoxy groups -OCH3 is 1. The lowest BCUT2D eigenvalue weighted by Crippen LogP contribution is -2.42. The standard InChI is InChI=1S/C16H23NO3S/c1-4-5-6-14-9-12-16(20-3)17(14)21(18,19)15-10-7-13(2)8-11-15/h4,7-8,10-11,14,16H,1,5-6,9,12H2,2-3H3/t14-,16-/m1/s1. The first kappa shape index (κ1) is 16.2. The van der Waals surface area contributed by atoms with Crippen LogP contribution in [0.2, 0.25) is 0 Å². The number of allylic oxidation sites excluding steroid dienone is 1. The molecule has 5 heteroatoms. The third-order valence-corrected chi connectivity index (χ3v) is 5.92. The predicted molar refractivity (Wildman–Crippen MR) is 83.5 cm³/mol. The zero-order valence-corrected chi connectivity index (χ0v) is 13.5. The van der Waals surface area contributed by atoms with Crippen LogP contribution in [-0.2, 0) is 14.8 Å². The van der Waals surface area contributed by atoms with E-state index in [-0.39, 0.29) is 12.3 Å². The Hall–Kier alpha value is -1.17. The Morgan fingerprint density at radius 1 is 1.33 bits per heavy atom. The van der Waals surface area contributed by atoms with E-state index in [9.17, 15) is 8.42 Å². The average molecular weight is 309 g/mol. The SMILES string of the molecule is C=CCC[C@@H]1CC[C@@H](OC)N1S(=O)(=O)c1ccc(C)cc1. The average Bonchev–Trinajstić information content (AvgIpc) is 2.89. The van der Waals surface area contributed by atoms with Gasteiger partial charge in [-0.05, 0) is 44.7 Å². The number of rotatable bonds is 6. The highest BCUT2D eigenvalue weighted by molar-refractivity contribution is 7.89. The van der Waals surface area contributed by atoms with E-state index in [4.69, 9.17) is 4.74 Å². The van der Waals surface area contributed by atoms with E-state index in [2.05, 4.69) is 6.58 Å². The maximum Gasteiger partial charge on any atom is 0.245 e. The summed E-state index contributed by atoms with van der Waals surface area (Å²) < 4.78 is 32.7. The van der Waals surface area contributed by atoms with Gasteiger partial charge < -0.3 is 4.74 Å². The Bertz CT molecular complexity index is 580. The zero-order valence-electron chi connectivity index (χ0n) is 12.7. The zero-order chi connectivity index (χ0) is 15.5. The Balaban J connectivity index is 2.33. The fourth-order valence-corrected chi connectivity index (χ4v) is 4.64. The van der Waals surface area contributed by atoms with Gasteiger partial charge in [0.05, 0.1) is 4.90 Å². The summed E-state index contributed by atoms with van der Waals surface area (Å²) in [4.78, 5) is 0.334. The number of hydrogen-bond acceptors (Lipinski definition) is 3. The summed E-state index contributed by atoms with van der Waals surface area (Å²) in [6.45, 7) is 5.66. The first-order valence-electron chi connectivity index (χ1n) is 7.24. The fraction of sp³-hybridized carbons (Fsp3) is 0.500. The number of nitrogens with zero attached hydrogens (tertiary/aromatic N) is 1. The molecule has 1 saturated heterocycles. The van der Waals surface area contributed by atoms with Crippen LogP contribution in [0.4, 0.5) is 0 Å². The minimum absolute atomic E-state index is 0.0146. The molecule has 1 aromatic rings. The lowest BCUT2D eigenvalue weighted by atomic mass is 10.1. The molecular formula is C16H23NO3S. The summed E-state index contributed by atoms with van der Waals surface area (Å²) in [5, 5.41) is 0. The molecule has 1 aliphatic heterocycles. The van der Waals surface area contributed by atoms with Gasteiger partial charge in [0, 0.05) is 13.2 Å². The molecule has 116 valence electrons. The van der Waals surface area contributed by atoms with Crippen LogP contribution in [0.5, 0.6) is 0 Å². The summed E-state index contributed by atoms with van der Waals surface area (Å²) >= 11 is 0. The second-order valence-electron chi connectivity index (χ2n) is 5.44. The quantitative estimate of drug-likeness (QED) is 0.759. The monoisotopic (exact) mass is 309 g/mol. The third-order valence-electron chi connectivity index (χ3n) is 3.96. The summed E-state index contributed by atoms with van der Waals surface area (Å²) in [5.74, 6) is 0. The summed E-state index contributed by atoms with van der Waals surface area (Å²) in [6.07, 6.45) is 4.62. The normalized spacial score (nSPS) is 23.3. The lowest BCUT2D eigenvalue weighted by Gasteiger charge is -2.28. The molecular weight excluding hydrogens is 286 g/mol. The Kier molecular flexibility index (Phi) is 5.19. The minimum atomic E-state index is -3.52. The molecule has 1 aliphatic rings. The second-order valence-corrected chi connectivity index (χ2v) is 7.28.